The molecule has 4 heteroatoms. The van der Waals surface area contributed by atoms with Gasteiger partial charge in [-0.25, -0.2) is 4.39 Å². The maximum absolute atomic E-state index is 13.1. The van der Waals surface area contributed by atoms with Gasteiger partial charge in [0.25, 0.3) is 0 Å². The molecule has 0 saturated heterocycles. The fourth-order valence-corrected chi connectivity index (χ4v) is 1.74. The van der Waals surface area contributed by atoms with Crippen LogP contribution < -0.4 is 11.5 Å². The third-order valence-electron chi connectivity index (χ3n) is 2.35. The molecule has 4 N–H and O–H groups in total. The average molecular weight is 231 g/mol. The molecule has 0 aliphatic heterocycles. The van der Waals surface area contributed by atoms with Crippen LogP contribution in [0.2, 0.25) is 5.02 Å². The van der Waals surface area contributed by atoms with E-state index in [1.807, 2.05) is 0 Å². The van der Waals surface area contributed by atoms with E-state index in [9.17, 15) is 4.39 Å². The van der Waals surface area contributed by atoms with Gasteiger partial charge >= 0.3 is 0 Å². The first-order valence-corrected chi connectivity index (χ1v) is 5.44. The van der Waals surface area contributed by atoms with Crippen molar-refractivity contribution in [3.63, 3.8) is 0 Å². The molecule has 1 rings (SSSR count). The minimum absolute atomic E-state index is 0.137. The lowest BCUT2D eigenvalue weighted by molar-refractivity contribution is 0.580. The molecule has 1 aromatic carbocycles. The molecule has 0 aliphatic rings. The first-order valence-electron chi connectivity index (χ1n) is 5.06. The minimum atomic E-state index is -0.413. The normalized spacial score (nSPS) is 12.8. The molecule has 84 valence electrons. The molecule has 15 heavy (non-hydrogen) atoms. The molecule has 0 amide bonds. The van der Waals surface area contributed by atoms with Crippen LogP contribution in [0.3, 0.4) is 0 Å². The fourth-order valence-electron chi connectivity index (χ4n) is 1.47. The first kappa shape index (κ1) is 12.4. The van der Waals surface area contributed by atoms with E-state index in [-0.39, 0.29) is 11.1 Å². The predicted molar refractivity (Wildman–Crippen MR) is 61.2 cm³/mol. The molecule has 1 atom stereocenters. The highest BCUT2D eigenvalue weighted by atomic mass is 35.5. The second-order valence-corrected chi connectivity index (χ2v) is 3.91. The summed E-state index contributed by atoms with van der Waals surface area (Å²) in [4.78, 5) is 0. The fraction of sp³-hybridized carbons (Fsp3) is 0.455. The summed E-state index contributed by atoms with van der Waals surface area (Å²) in [6.45, 7) is 0.656. The van der Waals surface area contributed by atoms with Gasteiger partial charge in [-0.2, -0.15) is 0 Å². The number of hydrogen-bond acceptors (Lipinski definition) is 2. The molecule has 0 unspecified atom stereocenters. The summed E-state index contributed by atoms with van der Waals surface area (Å²) in [7, 11) is 0. The van der Waals surface area contributed by atoms with E-state index in [0.717, 1.165) is 19.3 Å². The van der Waals surface area contributed by atoms with Crippen LogP contribution in [-0.4, -0.2) is 6.54 Å². The number of nitrogens with two attached hydrogens (primary N) is 2. The summed E-state index contributed by atoms with van der Waals surface area (Å²) >= 11 is 5.82. The van der Waals surface area contributed by atoms with Crippen molar-refractivity contribution >= 4 is 11.6 Å². The molecule has 1 aromatic rings. The van der Waals surface area contributed by atoms with Gasteiger partial charge in [-0.1, -0.05) is 30.2 Å². The van der Waals surface area contributed by atoms with Gasteiger partial charge in [0.15, 0.2) is 0 Å². The van der Waals surface area contributed by atoms with Crippen molar-refractivity contribution in [3.05, 3.63) is 34.6 Å². The second kappa shape index (κ2) is 6.05. The zero-order chi connectivity index (χ0) is 11.3. The smallest absolute Gasteiger partial charge is 0.142 e. The topological polar surface area (TPSA) is 52.0 Å². The van der Waals surface area contributed by atoms with E-state index in [4.69, 9.17) is 23.1 Å². The zero-order valence-corrected chi connectivity index (χ0v) is 9.30. The summed E-state index contributed by atoms with van der Waals surface area (Å²) in [5.74, 6) is -0.413. The summed E-state index contributed by atoms with van der Waals surface area (Å²) in [6.07, 6.45) is 2.64. The highest BCUT2D eigenvalue weighted by Crippen LogP contribution is 2.26. The molecule has 0 fully saturated rings. The second-order valence-electron chi connectivity index (χ2n) is 3.53. The van der Waals surface area contributed by atoms with Crippen molar-refractivity contribution in [3.8, 4) is 0 Å². The van der Waals surface area contributed by atoms with Gasteiger partial charge < -0.3 is 11.5 Å². The van der Waals surface area contributed by atoms with Crippen LogP contribution in [0.1, 0.15) is 30.9 Å². The van der Waals surface area contributed by atoms with Gasteiger partial charge in [0.2, 0.25) is 0 Å². The summed E-state index contributed by atoms with van der Waals surface area (Å²) in [5.41, 5.74) is 12.0. The summed E-state index contributed by atoms with van der Waals surface area (Å²) < 4.78 is 13.1. The van der Waals surface area contributed by atoms with Crippen LogP contribution in [0.15, 0.2) is 18.2 Å². The minimum Gasteiger partial charge on any atom is -0.330 e. The monoisotopic (exact) mass is 230 g/mol. The maximum atomic E-state index is 13.1. The zero-order valence-electron chi connectivity index (χ0n) is 8.55. The Hall–Kier alpha value is -0.640. The van der Waals surface area contributed by atoms with E-state index >= 15 is 0 Å². The standard InChI is InChI=1S/C11H16ClFN2/c12-11-8(4-3-5-9(11)13)10(15)6-1-2-7-14/h3-5,10H,1-2,6-7,14-15H2/t10-/m0/s1. The van der Waals surface area contributed by atoms with Crippen LogP contribution in [0, 0.1) is 5.82 Å². The van der Waals surface area contributed by atoms with Crippen LogP contribution in [0.25, 0.3) is 0 Å². The number of unbranched alkanes of at least 4 members (excludes halogenated alkanes) is 1. The van der Waals surface area contributed by atoms with Crippen molar-refractivity contribution in [1.29, 1.82) is 0 Å². The van der Waals surface area contributed by atoms with Gasteiger partial charge in [0.1, 0.15) is 5.82 Å². The van der Waals surface area contributed by atoms with Crippen molar-refractivity contribution in [2.45, 2.75) is 25.3 Å². The van der Waals surface area contributed by atoms with Gasteiger partial charge in [-0.15, -0.1) is 0 Å². The van der Waals surface area contributed by atoms with Gasteiger partial charge in [-0.3, -0.25) is 0 Å². The number of hydrogen-bond donors (Lipinski definition) is 2. The van der Waals surface area contributed by atoms with Crippen molar-refractivity contribution in [1.82, 2.24) is 0 Å². The van der Waals surface area contributed by atoms with E-state index in [1.54, 1.807) is 12.1 Å². The van der Waals surface area contributed by atoms with Crippen LogP contribution in [-0.2, 0) is 0 Å². The lowest BCUT2D eigenvalue weighted by Crippen LogP contribution is -2.12. The third kappa shape index (κ3) is 3.45. The van der Waals surface area contributed by atoms with Crippen molar-refractivity contribution < 1.29 is 4.39 Å². The molecule has 0 aliphatic carbocycles. The predicted octanol–water partition coefficient (Wildman–Crippen LogP) is 2.61. The van der Waals surface area contributed by atoms with Crippen LogP contribution in [0.4, 0.5) is 4.39 Å². The highest BCUT2D eigenvalue weighted by molar-refractivity contribution is 6.31. The Kier molecular flexibility index (Phi) is 5.02. The molecule has 0 radical (unpaired) electrons. The molecule has 2 nitrogen and oxygen atoms in total. The number of halogens is 2. The summed E-state index contributed by atoms with van der Waals surface area (Å²) in [5, 5.41) is 0.137. The molecule has 0 heterocycles. The number of rotatable bonds is 5. The van der Waals surface area contributed by atoms with E-state index in [0.29, 0.717) is 12.1 Å². The number of benzene rings is 1. The Bertz CT molecular complexity index is 317. The Balaban J connectivity index is 2.65. The highest BCUT2D eigenvalue weighted by Gasteiger charge is 2.12. The van der Waals surface area contributed by atoms with E-state index in [2.05, 4.69) is 0 Å². The Morgan fingerprint density at radius 3 is 2.73 bits per heavy atom. The molecule has 0 saturated carbocycles. The van der Waals surface area contributed by atoms with E-state index in [1.165, 1.54) is 6.07 Å². The Morgan fingerprint density at radius 1 is 1.33 bits per heavy atom. The van der Waals surface area contributed by atoms with Gasteiger partial charge in [-0.05, 0) is 31.0 Å². The molecule has 0 bridgehead atoms. The van der Waals surface area contributed by atoms with Crippen LogP contribution >= 0.6 is 11.6 Å². The molecule has 0 aromatic heterocycles. The van der Waals surface area contributed by atoms with E-state index < -0.39 is 5.82 Å². The van der Waals surface area contributed by atoms with Crippen LogP contribution in [0.5, 0.6) is 0 Å². The largest absolute Gasteiger partial charge is 0.330 e. The Labute approximate surface area is 94.4 Å². The van der Waals surface area contributed by atoms with Gasteiger partial charge in [0.05, 0.1) is 5.02 Å². The molecular weight excluding hydrogens is 215 g/mol. The quantitative estimate of drug-likeness (QED) is 0.764. The Morgan fingerprint density at radius 2 is 2.07 bits per heavy atom. The lowest BCUT2D eigenvalue weighted by Gasteiger charge is -2.13. The van der Waals surface area contributed by atoms with Gasteiger partial charge in [0, 0.05) is 6.04 Å². The maximum Gasteiger partial charge on any atom is 0.142 e. The third-order valence-corrected chi connectivity index (χ3v) is 2.75. The van der Waals surface area contributed by atoms with Crippen molar-refractivity contribution in [2.24, 2.45) is 11.5 Å². The molecular formula is C11H16ClFN2. The summed E-state index contributed by atoms with van der Waals surface area (Å²) in [6, 6.07) is 4.51. The lowest BCUT2D eigenvalue weighted by atomic mass is 10.0. The SMILES string of the molecule is NCCCC[C@H](N)c1cccc(F)c1Cl. The molecule has 0 spiro atoms. The average Bonchev–Trinajstić information content (AvgIpc) is 2.22. The van der Waals surface area contributed by atoms with Crippen molar-refractivity contribution in [2.75, 3.05) is 6.54 Å². The first-order chi connectivity index (χ1) is 7.16.